The second kappa shape index (κ2) is 10.8. The molecule has 0 unspecified atom stereocenters. The summed E-state index contributed by atoms with van der Waals surface area (Å²) in [5.41, 5.74) is 4.02. The van der Waals surface area contributed by atoms with Gasteiger partial charge in [-0.25, -0.2) is 0 Å². The van der Waals surface area contributed by atoms with Crippen molar-refractivity contribution in [1.29, 1.82) is 0 Å². The lowest BCUT2D eigenvalue weighted by molar-refractivity contribution is -0.123. The minimum absolute atomic E-state index is 0.251. The Kier molecular flexibility index (Phi) is 7.83. The van der Waals surface area contributed by atoms with E-state index in [2.05, 4.69) is 40.2 Å². The van der Waals surface area contributed by atoms with Crippen molar-refractivity contribution in [1.82, 2.24) is 10.2 Å². The molecule has 1 saturated carbocycles. The fourth-order valence-electron chi connectivity index (χ4n) is 5.67. The molecular weight excluding hydrogens is 370 g/mol. The van der Waals surface area contributed by atoms with Crippen LogP contribution in [0.25, 0.3) is 0 Å². The Labute approximate surface area is 183 Å². The first-order valence-corrected chi connectivity index (χ1v) is 12.6. The Bertz CT molecular complexity index is 690. The van der Waals surface area contributed by atoms with Gasteiger partial charge in [0.2, 0.25) is 5.91 Å². The van der Waals surface area contributed by atoms with Crippen molar-refractivity contribution < 1.29 is 4.79 Å². The molecule has 2 heterocycles. The topological polar surface area (TPSA) is 35.6 Å². The van der Waals surface area contributed by atoms with E-state index in [0.717, 1.165) is 77.3 Å². The van der Waals surface area contributed by atoms with E-state index in [-0.39, 0.29) is 5.92 Å². The highest BCUT2D eigenvalue weighted by molar-refractivity contribution is 5.96. The molecule has 0 atom stereocenters. The van der Waals surface area contributed by atoms with Crippen LogP contribution in [-0.2, 0) is 17.6 Å². The molecule has 4 heteroatoms. The smallest absolute Gasteiger partial charge is 0.230 e. The van der Waals surface area contributed by atoms with Gasteiger partial charge in [0.1, 0.15) is 0 Å². The van der Waals surface area contributed by atoms with E-state index in [1.54, 1.807) is 0 Å². The predicted molar refractivity (Wildman–Crippen MR) is 125 cm³/mol. The molecule has 0 radical (unpaired) electrons. The third kappa shape index (κ3) is 5.45. The molecule has 1 aromatic carbocycles. The average molecular weight is 412 g/mol. The first-order chi connectivity index (χ1) is 14.7. The van der Waals surface area contributed by atoms with Gasteiger partial charge < -0.3 is 15.1 Å². The van der Waals surface area contributed by atoms with Gasteiger partial charge in [-0.15, -0.1) is 0 Å². The average Bonchev–Trinajstić information content (AvgIpc) is 2.81. The molecule has 2 aliphatic heterocycles. The zero-order valence-corrected chi connectivity index (χ0v) is 19.0. The van der Waals surface area contributed by atoms with Crippen LogP contribution in [0.2, 0.25) is 0 Å². The van der Waals surface area contributed by atoms with Crippen LogP contribution in [0, 0.1) is 11.8 Å². The normalized spacial score (nSPS) is 25.2. The summed E-state index contributed by atoms with van der Waals surface area (Å²) in [7, 11) is 0. The van der Waals surface area contributed by atoms with E-state index in [1.165, 1.54) is 48.9 Å². The van der Waals surface area contributed by atoms with Crippen molar-refractivity contribution in [3.05, 3.63) is 29.3 Å². The minimum Gasteiger partial charge on any atom is -0.314 e. The predicted octanol–water partition coefficient (Wildman–Crippen LogP) is 4.41. The van der Waals surface area contributed by atoms with Crippen LogP contribution < -0.4 is 10.2 Å². The van der Waals surface area contributed by atoms with Gasteiger partial charge in [-0.2, -0.15) is 0 Å². The summed E-state index contributed by atoms with van der Waals surface area (Å²) < 4.78 is 0. The van der Waals surface area contributed by atoms with Gasteiger partial charge in [0, 0.05) is 50.9 Å². The lowest BCUT2D eigenvalue weighted by atomic mass is 9.79. The summed E-state index contributed by atoms with van der Waals surface area (Å²) in [6.45, 7) is 8.87. The number of anilines is 1. The Hall–Kier alpha value is -1.39. The van der Waals surface area contributed by atoms with Crippen molar-refractivity contribution in [3.8, 4) is 0 Å². The highest BCUT2D eigenvalue weighted by atomic mass is 16.2. The summed E-state index contributed by atoms with van der Waals surface area (Å²) in [5, 5.41) is 3.43. The van der Waals surface area contributed by atoms with Crippen molar-refractivity contribution in [2.24, 2.45) is 11.8 Å². The maximum Gasteiger partial charge on any atom is 0.230 e. The van der Waals surface area contributed by atoms with E-state index in [9.17, 15) is 4.79 Å². The molecule has 4 nitrogen and oxygen atoms in total. The number of nitrogens with one attached hydrogen (secondary N) is 1. The largest absolute Gasteiger partial charge is 0.314 e. The molecular formula is C26H41N3O. The molecule has 1 aromatic rings. The number of benzene rings is 1. The van der Waals surface area contributed by atoms with Gasteiger partial charge in [-0.3, -0.25) is 4.79 Å². The number of carbonyl (C=O) groups is 1. The quantitative estimate of drug-likeness (QED) is 0.722. The second-order valence-corrected chi connectivity index (χ2v) is 9.76. The summed E-state index contributed by atoms with van der Waals surface area (Å²) in [6, 6.07) is 6.90. The molecule has 1 aliphatic carbocycles. The molecule has 0 spiro atoms. The molecule has 2 fully saturated rings. The highest BCUT2D eigenvalue weighted by Crippen LogP contribution is 2.36. The number of aryl methyl sites for hydroxylation is 1. The maximum absolute atomic E-state index is 13.4. The number of amides is 1. The number of hydrogen-bond donors (Lipinski definition) is 1. The van der Waals surface area contributed by atoms with Crippen LogP contribution in [0.15, 0.2) is 18.2 Å². The van der Waals surface area contributed by atoms with Crippen LogP contribution in [0.1, 0.15) is 69.4 Å². The van der Waals surface area contributed by atoms with Crippen LogP contribution >= 0.6 is 0 Å². The molecule has 30 heavy (non-hydrogen) atoms. The number of carbonyl (C=O) groups excluding carboxylic acids is 1. The second-order valence-electron chi connectivity index (χ2n) is 9.76. The SMILES string of the molecule is CCCCC1CCC(C(=O)N2CCCc3cc(CCN4CCNCC4)ccc32)CC1. The zero-order valence-electron chi connectivity index (χ0n) is 19.0. The molecule has 0 bridgehead atoms. The first-order valence-electron chi connectivity index (χ1n) is 12.6. The van der Waals surface area contributed by atoms with E-state index in [1.807, 2.05) is 0 Å². The van der Waals surface area contributed by atoms with Gasteiger partial charge in [0.15, 0.2) is 0 Å². The van der Waals surface area contributed by atoms with Gasteiger partial charge in [0.25, 0.3) is 0 Å². The standard InChI is InChI=1S/C26H41N3O/c1-2-3-5-21-7-10-23(11-8-21)26(30)29-16-4-6-24-20-22(9-12-25(24)29)13-17-28-18-14-27-15-19-28/h9,12,20-21,23,27H,2-8,10-11,13-19H2,1H3. The Morgan fingerprint density at radius 2 is 1.90 bits per heavy atom. The fraction of sp³-hybridized carbons (Fsp3) is 0.731. The van der Waals surface area contributed by atoms with Crippen molar-refractivity contribution >= 4 is 11.6 Å². The van der Waals surface area contributed by atoms with Crippen molar-refractivity contribution in [3.63, 3.8) is 0 Å². The van der Waals surface area contributed by atoms with Crippen molar-refractivity contribution in [2.75, 3.05) is 44.2 Å². The summed E-state index contributed by atoms with van der Waals surface area (Å²) in [5.74, 6) is 1.51. The van der Waals surface area contributed by atoms with Crippen LogP contribution in [-0.4, -0.2) is 50.1 Å². The Morgan fingerprint density at radius 1 is 1.10 bits per heavy atom. The van der Waals surface area contributed by atoms with Gasteiger partial charge in [-0.1, -0.05) is 38.3 Å². The number of nitrogens with zero attached hydrogens (tertiary/aromatic N) is 2. The summed E-state index contributed by atoms with van der Waals surface area (Å²) in [6.07, 6.45) is 12.0. The van der Waals surface area contributed by atoms with E-state index < -0.39 is 0 Å². The van der Waals surface area contributed by atoms with Crippen LogP contribution in [0.4, 0.5) is 5.69 Å². The molecule has 166 valence electrons. The molecule has 1 N–H and O–H groups in total. The van der Waals surface area contributed by atoms with Gasteiger partial charge >= 0.3 is 0 Å². The molecule has 3 aliphatic rings. The highest BCUT2D eigenvalue weighted by Gasteiger charge is 2.31. The monoisotopic (exact) mass is 411 g/mol. The van der Waals surface area contributed by atoms with E-state index in [4.69, 9.17) is 0 Å². The fourth-order valence-corrected chi connectivity index (χ4v) is 5.67. The summed E-state index contributed by atoms with van der Waals surface area (Å²) in [4.78, 5) is 18.1. The Balaban J connectivity index is 1.34. The number of fused-ring (bicyclic) bond motifs is 1. The first kappa shape index (κ1) is 21.8. The minimum atomic E-state index is 0.251. The number of rotatable bonds is 7. The van der Waals surface area contributed by atoms with Crippen molar-refractivity contribution in [2.45, 2.75) is 71.1 Å². The van der Waals surface area contributed by atoms with Gasteiger partial charge in [-0.05, 0) is 68.1 Å². The zero-order chi connectivity index (χ0) is 20.8. The Morgan fingerprint density at radius 3 is 2.67 bits per heavy atom. The lowest BCUT2D eigenvalue weighted by Crippen LogP contribution is -2.44. The van der Waals surface area contributed by atoms with Crippen LogP contribution in [0.5, 0.6) is 0 Å². The number of piperazine rings is 1. The molecule has 4 rings (SSSR count). The number of unbranched alkanes of at least 4 members (excludes halogenated alkanes) is 1. The summed E-state index contributed by atoms with van der Waals surface area (Å²) >= 11 is 0. The van der Waals surface area contributed by atoms with Gasteiger partial charge in [0.05, 0.1) is 0 Å². The van der Waals surface area contributed by atoms with E-state index in [0.29, 0.717) is 5.91 Å². The lowest BCUT2D eigenvalue weighted by Gasteiger charge is -2.35. The third-order valence-corrected chi connectivity index (χ3v) is 7.62. The third-order valence-electron chi connectivity index (χ3n) is 7.62. The maximum atomic E-state index is 13.4. The van der Waals surface area contributed by atoms with E-state index >= 15 is 0 Å². The molecule has 1 saturated heterocycles. The molecule has 0 aromatic heterocycles. The number of hydrogen-bond acceptors (Lipinski definition) is 3. The van der Waals surface area contributed by atoms with Crippen LogP contribution in [0.3, 0.4) is 0 Å². The molecule has 1 amide bonds.